The Kier molecular flexibility index (Phi) is 4.59. The molecule has 1 heterocycles. The SMILES string of the molecule is Cc1cscc1CNS(=O)(=O)c1cccc(C(C)N)c1. The van der Waals surface area contributed by atoms with E-state index in [0.29, 0.717) is 6.54 Å². The molecule has 3 N–H and O–H groups in total. The van der Waals surface area contributed by atoms with Crippen LogP contribution < -0.4 is 10.5 Å². The van der Waals surface area contributed by atoms with Gasteiger partial charge in [0.2, 0.25) is 10.0 Å². The summed E-state index contributed by atoms with van der Waals surface area (Å²) in [6.45, 7) is 4.10. The largest absolute Gasteiger partial charge is 0.324 e. The van der Waals surface area contributed by atoms with Crippen molar-refractivity contribution in [2.75, 3.05) is 0 Å². The summed E-state index contributed by atoms with van der Waals surface area (Å²) in [5, 5.41) is 3.95. The van der Waals surface area contributed by atoms with Gasteiger partial charge in [0.05, 0.1) is 4.90 Å². The molecule has 2 aromatic rings. The molecule has 0 aliphatic carbocycles. The molecule has 1 atom stereocenters. The number of thiophene rings is 1. The van der Waals surface area contributed by atoms with E-state index in [4.69, 9.17) is 5.73 Å². The normalized spacial score (nSPS) is 13.3. The van der Waals surface area contributed by atoms with Crippen LogP contribution in [-0.4, -0.2) is 8.42 Å². The fourth-order valence-electron chi connectivity index (χ4n) is 1.79. The molecule has 0 spiro atoms. The second-order valence-electron chi connectivity index (χ2n) is 4.77. The van der Waals surface area contributed by atoms with Crippen LogP contribution in [-0.2, 0) is 16.6 Å². The van der Waals surface area contributed by atoms with Crippen LogP contribution in [0.1, 0.15) is 29.7 Å². The number of hydrogen-bond acceptors (Lipinski definition) is 4. The Morgan fingerprint density at radius 2 is 2.10 bits per heavy atom. The number of benzene rings is 1. The summed E-state index contributed by atoms with van der Waals surface area (Å²) < 4.78 is 27.2. The second-order valence-corrected chi connectivity index (χ2v) is 7.28. The van der Waals surface area contributed by atoms with Gasteiger partial charge in [-0.05, 0) is 53.4 Å². The Bertz CT molecular complexity index is 691. The highest BCUT2D eigenvalue weighted by Crippen LogP contribution is 2.17. The lowest BCUT2D eigenvalue weighted by atomic mass is 10.1. The van der Waals surface area contributed by atoms with Gasteiger partial charge in [-0.3, -0.25) is 0 Å². The van der Waals surface area contributed by atoms with Crippen LogP contribution in [0.15, 0.2) is 39.9 Å². The first-order valence-corrected chi connectivity index (χ1v) is 8.69. The number of nitrogens with one attached hydrogen (secondary N) is 1. The van der Waals surface area contributed by atoms with Crippen LogP contribution in [0, 0.1) is 6.92 Å². The minimum atomic E-state index is -3.51. The molecule has 4 nitrogen and oxygen atoms in total. The summed E-state index contributed by atoms with van der Waals surface area (Å²) in [5.74, 6) is 0. The Morgan fingerprint density at radius 3 is 2.70 bits per heavy atom. The molecule has 0 fully saturated rings. The van der Waals surface area contributed by atoms with Gasteiger partial charge >= 0.3 is 0 Å². The number of aryl methyl sites for hydroxylation is 1. The van der Waals surface area contributed by atoms with Gasteiger partial charge < -0.3 is 5.73 Å². The van der Waals surface area contributed by atoms with Crippen LogP contribution in [0.4, 0.5) is 0 Å². The summed E-state index contributed by atoms with van der Waals surface area (Å²) in [6, 6.07) is 6.54. The Hall–Kier alpha value is -1.21. The Labute approximate surface area is 123 Å². The molecule has 0 bridgehead atoms. The highest BCUT2D eigenvalue weighted by atomic mass is 32.2. The van der Waals surface area contributed by atoms with Gasteiger partial charge in [-0.15, -0.1) is 0 Å². The number of hydrogen-bond donors (Lipinski definition) is 2. The lowest BCUT2D eigenvalue weighted by Crippen LogP contribution is -2.23. The third-order valence-electron chi connectivity index (χ3n) is 3.11. The zero-order valence-electron chi connectivity index (χ0n) is 11.5. The molecule has 0 aliphatic rings. The van der Waals surface area contributed by atoms with Crippen molar-refractivity contribution in [1.29, 1.82) is 0 Å². The average molecular weight is 310 g/mol. The minimum Gasteiger partial charge on any atom is -0.324 e. The summed E-state index contributed by atoms with van der Waals surface area (Å²) in [4.78, 5) is 0.250. The van der Waals surface area contributed by atoms with Crippen molar-refractivity contribution in [2.24, 2.45) is 5.73 Å². The zero-order chi connectivity index (χ0) is 14.8. The van der Waals surface area contributed by atoms with Crippen LogP contribution in [0.25, 0.3) is 0 Å². The fraction of sp³-hybridized carbons (Fsp3) is 0.286. The zero-order valence-corrected chi connectivity index (χ0v) is 13.1. The van der Waals surface area contributed by atoms with E-state index in [9.17, 15) is 8.42 Å². The third-order valence-corrected chi connectivity index (χ3v) is 5.42. The second kappa shape index (κ2) is 6.05. The average Bonchev–Trinajstić information content (AvgIpc) is 2.82. The first kappa shape index (κ1) is 15.2. The maximum Gasteiger partial charge on any atom is 0.240 e. The molecule has 0 aliphatic heterocycles. The van der Waals surface area contributed by atoms with E-state index in [1.807, 2.05) is 30.7 Å². The molecule has 108 valence electrons. The quantitative estimate of drug-likeness (QED) is 0.891. The van der Waals surface area contributed by atoms with Crippen LogP contribution in [0.3, 0.4) is 0 Å². The van der Waals surface area contributed by atoms with E-state index in [-0.39, 0.29) is 10.9 Å². The summed E-state index contributed by atoms with van der Waals surface area (Å²) in [6.07, 6.45) is 0. The van der Waals surface area contributed by atoms with Crippen molar-refractivity contribution in [1.82, 2.24) is 4.72 Å². The van der Waals surface area contributed by atoms with Crippen LogP contribution in [0.2, 0.25) is 0 Å². The summed E-state index contributed by atoms with van der Waals surface area (Å²) >= 11 is 1.57. The van der Waals surface area contributed by atoms with E-state index in [1.165, 1.54) is 0 Å². The molecule has 1 aromatic carbocycles. The van der Waals surface area contributed by atoms with E-state index in [0.717, 1.165) is 16.7 Å². The molecular weight excluding hydrogens is 292 g/mol. The molecule has 2 rings (SSSR count). The summed E-state index contributed by atoms with van der Waals surface area (Å²) in [5.41, 5.74) is 8.69. The van der Waals surface area contributed by atoms with Gasteiger partial charge in [0.1, 0.15) is 0 Å². The molecule has 0 amide bonds. The molecule has 0 saturated heterocycles. The highest BCUT2D eigenvalue weighted by molar-refractivity contribution is 7.89. The lowest BCUT2D eigenvalue weighted by Gasteiger charge is -2.10. The van der Waals surface area contributed by atoms with Crippen LogP contribution >= 0.6 is 11.3 Å². The monoisotopic (exact) mass is 310 g/mol. The minimum absolute atomic E-state index is 0.190. The first-order valence-electron chi connectivity index (χ1n) is 6.27. The molecule has 20 heavy (non-hydrogen) atoms. The Morgan fingerprint density at radius 1 is 1.35 bits per heavy atom. The van der Waals surface area contributed by atoms with Crippen molar-refractivity contribution >= 4 is 21.4 Å². The smallest absolute Gasteiger partial charge is 0.240 e. The van der Waals surface area contributed by atoms with E-state index in [1.54, 1.807) is 29.5 Å². The van der Waals surface area contributed by atoms with E-state index in [2.05, 4.69) is 4.72 Å². The van der Waals surface area contributed by atoms with Gasteiger partial charge in [-0.25, -0.2) is 13.1 Å². The predicted molar refractivity (Wildman–Crippen MR) is 82.1 cm³/mol. The van der Waals surface area contributed by atoms with Gasteiger partial charge in [0.25, 0.3) is 0 Å². The van der Waals surface area contributed by atoms with Crippen molar-refractivity contribution in [3.8, 4) is 0 Å². The number of rotatable bonds is 5. The predicted octanol–water partition coefficient (Wildman–Crippen LogP) is 2.55. The lowest BCUT2D eigenvalue weighted by molar-refractivity contribution is 0.581. The van der Waals surface area contributed by atoms with Crippen LogP contribution in [0.5, 0.6) is 0 Å². The molecule has 1 unspecified atom stereocenters. The molecular formula is C14H18N2O2S2. The van der Waals surface area contributed by atoms with Crippen molar-refractivity contribution in [3.05, 3.63) is 51.7 Å². The van der Waals surface area contributed by atoms with E-state index >= 15 is 0 Å². The Balaban J connectivity index is 2.18. The molecule has 1 aromatic heterocycles. The van der Waals surface area contributed by atoms with Gasteiger partial charge in [0, 0.05) is 12.6 Å². The molecule has 6 heteroatoms. The topological polar surface area (TPSA) is 72.2 Å². The van der Waals surface area contributed by atoms with E-state index < -0.39 is 10.0 Å². The maximum atomic E-state index is 12.3. The van der Waals surface area contributed by atoms with Gasteiger partial charge in [-0.1, -0.05) is 12.1 Å². The van der Waals surface area contributed by atoms with Gasteiger partial charge in [-0.2, -0.15) is 11.3 Å². The number of sulfonamides is 1. The number of nitrogens with two attached hydrogens (primary N) is 1. The molecule has 0 saturated carbocycles. The highest BCUT2D eigenvalue weighted by Gasteiger charge is 2.15. The first-order chi connectivity index (χ1) is 9.40. The van der Waals surface area contributed by atoms with Crippen molar-refractivity contribution < 1.29 is 8.42 Å². The summed E-state index contributed by atoms with van der Waals surface area (Å²) in [7, 11) is -3.51. The van der Waals surface area contributed by atoms with Crippen molar-refractivity contribution in [2.45, 2.75) is 31.3 Å². The fourth-order valence-corrected chi connectivity index (χ4v) is 3.71. The van der Waals surface area contributed by atoms with Crippen molar-refractivity contribution in [3.63, 3.8) is 0 Å². The third kappa shape index (κ3) is 3.46. The van der Waals surface area contributed by atoms with Gasteiger partial charge in [0.15, 0.2) is 0 Å². The maximum absolute atomic E-state index is 12.3. The standard InChI is InChI=1S/C14H18N2O2S2/c1-10-8-19-9-13(10)7-16-20(17,18)14-5-3-4-12(6-14)11(2)15/h3-6,8-9,11,16H,7,15H2,1-2H3. The molecule has 0 radical (unpaired) electrons.